The van der Waals surface area contributed by atoms with Crippen LogP contribution in [0.3, 0.4) is 0 Å². The SMILES string of the molecule is CCOc1c(I)cc(/C=C2\C(=O)N(c3ccccc3)N=C2C)cc1OC. The molecule has 0 N–H and O–H groups in total. The largest absolute Gasteiger partial charge is 0.493 e. The minimum atomic E-state index is -0.142. The van der Waals surface area contributed by atoms with Crippen LogP contribution < -0.4 is 14.5 Å². The van der Waals surface area contributed by atoms with Gasteiger partial charge in [-0.1, -0.05) is 18.2 Å². The normalized spacial score (nSPS) is 15.4. The Morgan fingerprint density at radius 1 is 1.23 bits per heavy atom. The first-order valence-corrected chi connectivity index (χ1v) is 9.30. The highest BCUT2D eigenvalue weighted by Crippen LogP contribution is 2.35. The van der Waals surface area contributed by atoms with Crippen molar-refractivity contribution in [2.75, 3.05) is 18.7 Å². The third kappa shape index (κ3) is 3.60. The number of methoxy groups -OCH3 is 1. The van der Waals surface area contributed by atoms with Gasteiger partial charge in [-0.3, -0.25) is 4.79 Å². The molecule has 26 heavy (non-hydrogen) atoms. The van der Waals surface area contributed by atoms with Crippen molar-refractivity contribution >= 4 is 46.0 Å². The van der Waals surface area contributed by atoms with Crippen molar-refractivity contribution in [1.82, 2.24) is 0 Å². The van der Waals surface area contributed by atoms with Crippen molar-refractivity contribution in [3.8, 4) is 11.5 Å². The molecular weight excluding hydrogens is 443 g/mol. The van der Waals surface area contributed by atoms with Crippen molar-refractivity contribution in [1.29, 1.82) is 0 Å². The number of anilines is 1. The van der Waals surface area contributed by atoms with Crippen molar-refractivity contribution in [3.63, 3.8) is 0 Å². The molecule has 3 rings (SSSR count). The maximum Gasteiger partial charge on any atom is 0.280 e. The van der Waals surface area contributed by atoms with Crippen LogP contribution >= 0.6 is 22.6 Å². The summed E-state index contributed by atoms with van der Waals surface area (Å²) in [6, 6.07) is 13.2. The van der Waals surface area contributed by atoms with E-state index in [1.807, 2.05) is 62.4 Å². The third-order valence-electron chi connectivity index (χ3n) is 3.91. The lowest BCUT2D eigenvalue weighted by atomic mass is 10.1. The van der Waals surface area contributed by atoms with Crippen LogP contribution in [0.2, 0.25) is 0 Å². The van der Waals surface area contributed by atoms with E-state index >= 15 is 0 Å². The predicted octanol–water partition coefficient (Wildman–Crippen LogP) is 4.50. The van der Waals surface area contributed by atoms with Gasteiger partial charge in [0.25, 0.3) is 5.91 Å². The van der Waals surface area contributed by atoms with Gasteiger partial charge in [0.1, 0.15) is 0 Å². The summed E-state index contributed by atoms with van der Waals surface area (Å²) in [6.45, 7) is 4.33. The molecular formula is C20H19IN2O3. The summed E-state index contributed by atoms with van der Waals surface area (Å²) < 4.78 is 12.0. The van der Waals surface area contributed by atoms with Crippen molar-refractivity contribution in [2.24, 2.45) is 5.10 Å². The van der Waals surface area contributed by atoms with E-state index in [1.54, 1.807) is 7.11 Å². The monoisotopic (exact) mass is 462 g/mol. The minimum absolute atomic E-state index is 0.142. The number of rotatable bonds is 5. The summed E-state index contributed by atoms with van der Waals surface area (Å²) in [5.41, 5.74) is 2.86. The van der Waals surface area contributed by atoms with E-state index in [0.717, 1.165) is 14.8 Å². The first-order chi connectivity index (χ1) is 12.5. The Labute approximate surface area is 166 Å². The summed E-state index contributed by atoms with van der Waals surface area (Å²) in [5, 5.41) is 5.83. The summed E-state index contributed by atoms with van der Waals surface area (Å²) in [6.07, 6.45) is 1.84. The number of nitrogens with zero attached hydrogens (tertiary/aromatic N) is 2. The molecule has 0 aliphatic carbocycles. The average molecular weight is 462 g/mol. The fraction of sp³-hybridized carbons (Fsp3) is 0.200. The molecule has 0 atom stereocenters. The Bertz CT molecular complexity index is 891. The van der Waals surface area contributed by atoms with E-state index < -0.39 is 0 Å². The molecule has 0 spiro atoms. The van der Waals surface area contributed by atoms with Crippen molar-refractivity contribution in [3.05, 3.63) is 57.2 Å². The van der Waals surface area contributed by atoms with Crippen molar-refractivity contribution < 1.29 is 14.3 Å². The topological polar surface area (TPSA) is 51.1 Å². The zero-order chi connectivity index (χ0) is 18.7. The molecule has 0 fully saturated rings. The highest BCUT2D eigenvalue weighted by Gasteiger charge is 2.28. The first-order valence-electron chi connectivity index (χ1n) is 8.22. The predicted molar refractivity (Wildman–Crippen MR) is 112 cm³/mol. The second kappa shape index (κ2) is 7.90. The Hall–Kier alpha value is -2.35. The molecule has 1 aliphatic heterocycles. The number of halogens is 1. The Balaban J connectivity index is 1.97. The number of hydrogen-bond donors (Lipinski definition) is 0. The fourth-order valence-electron chi connectivity index (χ4n) is 2.70. The molecule has 0 aromatic heterocycles. The van der Waals surface area contributed by atoms with Gasteiger partial charge in [-0.2, -0.15) is 10.1 Å². The smallest absolute Gasteiger partial charge is 0.280 e. The average Bonchev–Trinajstić information content (AvgIpc) is 2.92. The van der Waals surface area contributed by atoms with Gasteiger partial charge < -0.3 is 9.47 Å². The molecule has 5 nitrogen and oxygen atoms in total. The second-order valence-electron chi connectivity index (χ2n) is 5.66. The number of carbonyl (C=O) groups is 1. The van der Waals surface area contributed by atoms with E-state index in [9.17, 15) is 4.79 Å². The number of hydrazone groups is 1. The summed E-state index contributed by atoms with van der Waals surface area (Å²) in [7, 11) is 1.61. The van der Waals surface area contributed by atoms with Gasteiger partial charge in [0, 0.05) is 0 Å². The van der Waals surface area contributed by atoms with E-state index in [0.29, 0.717) is 29.4 Å². The molecule has 2 aromatic carbocycles. The molecule has 0 saturated carbocycles. The zero-order valence-electron chi connectivity index (χ0n) is 14.8. The molecule has 0 bridgehead atoms. The molecule has 0 radical (unpaired) electrons. The molecule has 1 heterocycles. The quantitative estimate of drug-likeness (QED) is 0.486. The Kier molecular flexibility index (Phi) is 5.61. The molecule has 6 heteroatoms. The van der Waals surface area contributed by atoms with Crippen LogP contribution in [0.25, 0.3) is 6.08 Å². The van der Waals surface area contributed by atoms with Gasteiger partial charge in [0.2, 0.25) is 0 Å². The van der Waals surface area contributed by atoms with Crippen LogP contribution in [0, 0.1) is 3.57 Å². The summed E-state index contributed by atoms with van der Waals surface area (Å²) in [4.78, 5) is 12.8. The maximum atomic E-state index is 12.8. The van der Waals surface area contributed by atoms with Crippen LogP contribution in [0.1, 0.15) is 19.4 Å². The van der Waals surface area contributed by atoms with Gasteiger partial charge in [-0.25, -0.2) is 0 Å². The molecule has 1 aliphatic rings. The number of carbonyl (C=O) groups excluding carboxylic acids is 1. The Morgan fingerprint density at radius 3 is 2.62 bits per heavy atom. The summed E-state index contributed by atoms with van der Waals surface area (Å²) in [5.74, 6) is 1.22. The Morgan fingerprint density at radius 2 is 1.96 bits per heavy atom. The van der Waals surface area contributed by atoms with Crippen LogP contribution in [-0.4, -0.2) is 25.3 Å². The van der Waals surface area contributed by atoms with Gasteiger partial charge in [-0.15, -0.1) is 0 Å². The first kappa shape index (κ1) is 18.4. The molecule has 1 amide bonds. The van der Waals surface area contributed by atoms with E-state index in [1.165, 1.54) is 5.01 Å². The second-order valence-corrected chi connectivity index (χ2v) is 6.83. The molecule has 0 saturated heterocycles. The highest BCUT2D eigenvalue weighted by atomic mass is 127. The number of hydrogen-bond acceptors (Lipinski definition) is 4. The fourth-order valence-corrected chi connectivity index (χ4v) is 3.48. The lowest BCUT2D eigenvalue weighted by Crippen LogP contribution is -2.21. The lowest BCUT2D eigenvalue weighted by molar-refractivity contribution is -0.114. The maximum absolute atomic E-state index is 12.8. The van der Waals surface area contributed by atoms with E-state index in [2.05, 4.69) is 27.7 Å². The van der Waals surface area contributed by atoms with E-state index in [-0.39, 0.29) is 5.91 Å². The zero-order valence-corrected chi connectivity index (χ0v) is 17.0. The molecule has 2 aromatic rings. The van der Waals surface area contributed by atoms with Crippen LogP contribution in [0.15, 0.2) is 53.1 Å². The van der Waals surface area contributed by atoms with Gasteiger partial charge in [0.05, 0.1) is 34.3 Å². The van der Waals surface area contributed by atoms with Crippen LogP contribution in [0.5, 0.6) is 11.5 Å². The van der Waals surface area contributed by atoms with E-state index in [4.69, 9.17) is 9.47 Å². The number of ether oxygens (including phenoxy) is 2. The van der Waals surface area contributed by atoms with Gasteiger partial charge in [0.15, 0.2) is 11.5 Å². The number of amides is 1. The standard InChI is InChI=1S/C20H19IN2O3/c1-4-26-19-17(21)11-14(12-18(19)25-3)10-16-13(2)22-23(20(16)24)15-8-6-5-7-9-15/h5-12H,4H2,1-3H3/b16-10-. The summed E-state index contributed by atoms with van der Waals surface area (Å²) >= 11 is 2.21. The minimum Gasteiger partial charge on any atom is -0.493 e. The van der Waals surface area contributed by atoms with Crippen LogP contribution in [0.4, 0.5) is 5.69 Å². The number of para-hydroxylation sites is 1. The lowest BCUT2D eigenvalue weighted by Gasteiger charge is -2.13. The number of benzene rings is 2. The van der Waals surface area contributed by atoms with Gasteiger partial charge in [-0.05, 0) is 72.3 Å². The highest BCUT2D eigenvalue weighted by molar-refractivity contribution is 14.1. The van der Waals surface area contributed by atoms with Crippen molar-refractivity contribution in [2.45, 2.75) is 13.8 Å². The third-order valence-corrected chi connectivity index (χ3v) is 4.72. The molecule has 0 unspecified atom stereocenters. The van der Waals surface area contributed by atoms with Gasteiger partial charge >= 0.3 is 0 Å². The van der Waals surface area contributed by atoms with Crippen LogP contribution in [-0.2, 0) is 4.79 Å². The molecule has 134 valence electrons.